The van der Waals surface area contributed by atoms with Crippen molar-refractivity contribution in [1.82, 2.24) is 37.2 Å². The van der Waals surface area contributed by atoms with Crippen molar-refractivity contribution in [3.8, 4) is 5.75 Å². The van der Waals surface area contributed by atoms with Crippen LogP contribution in [0.15, 0.2) is 24.3 Å². The van der Waals surface area contributed by atoms with Crippen LogP contribution in [0, 0.1) is 0 Å². The van der Waals surface area contributed by atoms with Crippen molar-refractivity contribution in [1.29, 1.82) is 0 Å². The second kappa shape index (κ2) is 34.0. The van der Waals surface area contributed by atoms with Crippen molar-refractivity contribution in [2.24, 2.45) is 17.2 Å². The molecule has 0 aliphatic heterocycles. The number of carbonyl (C=O) groups is 8. The molecule has 1 aromatic rings. The molecule has 0 aromatic heterocycles. The maximum absolute atomic E-state index is 13.7. The number of rotatable bonds is 36. The lowest BCUT2D eigenvalue weighted by molar-refractivity contribution is -0.142. The highest BCUT2D eigenvalue weighted by atomic mass is 16.4. The molecule has 20 heteroatoms. The number of hydrogen-bond acceptors (Lipinski definition) is 12. The Labute approximate surface area is 390 Å². The molecule has 0 saturated carbocycles. The second-order valence-electron chi connectivity index (χ2n) is 16.9. The first-order chi connectivity index (χ1) is 31.5. The van der Waals surface area contributed by atoms with Crippen molar-refractivity contribution in [3.63, 3.8) is 0 Å². The van der Waals surface area contributed by atoms with Crippen LogP contribution in [0.2, 0.25) is 0 Å². The van der Waals surface area contributed by atoms with Gasteiger partial charge < -0.3 is 64.6 Å². The van der Waals surface area contributed by atoms with E-state index < -0.39 is 83.7 Å². The maximum atomic E-state index is 13.7. The molecule has 0 spiro atoms. The van der Waals surface area contributed by atoms with Crippen molar-refractivity contribution in [2.45, 2.75) is 186 Å². The first-order valence-electron chi connectivity index (χ1n) is 23.7. The number of carboxylic acids is 1. The summed E-state index contributed by atoms with van der Waals surface area (Å²) in [6.45, 7) is 7.25. The third kappa shape index (κ3) is 24.8. The normalized spacial score (nSPS) is 14.2. The number of phenolic OH excluding ortho intramolecular Hbond substituents is 1. The largest absolute Gasteiger partial charge is 0.508 e. The molecule has 374 valence electrons. The summed E-state index contributed by atoms with van der Waals surface area (Å²) in [5.74, 6) is -5.72. The Hall–Kier alpha value is -5.34. The second-order valence-corrected chi connectivity index (χ2v) is 16.9. The topological polar surface area (TPSA) is 339 Å². The van der Waals surface area contributed by atoms with Gasteiger partial charge in [-0.1, -0.05) is 57.6 Å². The molecule has 0 heterocycles. The van der Waals surface area contributed by atoms with Gasteiger partial charge in [-0.2, -0.15) is 0 Å². The molecule has 0 saturated heterocycles. The van der Waals surface area contributed by atoms with Gasteiger partial charge in [0.2, 0.25) is 41.4 Å². The number of nitrogens with two attached hydrogens (primary N) is 3. The van der Waals surface area contributed by atoms with E-state index in [0.717, 1.165) is 32.1 Å². The summed E-state index contributed by atoms with van der Waals surface area (Å²) < 4.78 is 0. The average Bonchev–Trinajstić information content (AvgIpc) is 3.27. The Morgan fingerprint density at radius 3 is 1.27 bits per heavy atom. The summed E-state index contributed by atoms with van der Waals surface area (Å²) in [7, 11) is 0. The van der Waals surface area contributed by atoms with Gasteiger partial charge in [0.1, 0.15) is 48.0 Å². The Balaban J connectivity index is 3.10. The number of carbonyl (C=O) groups excluding carboxylic acids is 7. The minimum Gasteiger partial charge on any atom is -0.508 e. The van der Waals surface area contributed by atoms with Gasteiger partial charge in [-0.05, 0) is 122 Å². The quantitative estimate of drug-likeness (QED) is 0.0419. The lowest BCUT2D eigenvalue weighted by Crippen LogP contribution is -2.59. The summed E-state index contributed by atoms with van der Waals surface area (Å²) >= 11 is 0. The molecule has 20 nitrogen and oxygen atoms in total. The van der Waals surface area contributed by atoms with E-state index in [9.17, 15) is 48.6 Å². The smallest absolute Gasteiger partial charge is 0.325 e. The highest BCUT2D eigenvalue weighted by Gasteiger charge is 2.32. The number of phenols is 1. The van der Waals surface area contributed by atoms with Crippen LogP contribution in [0.1, 0.15) is 142 Å². The van der Waals surface area contributed by atoms with E-state index in [1.807, 2.05) is 0 Å². The van der Waals surface area contributed by atoms with Crippen molar-refractivity contribution in [3.05, 3.63) is 29.8 Å². The molecule has 0 radical (unpaired) electrons. The van der Waals surface area contributed by atoms with E-state index in [0.29, 0.717) is 70.1 Å². The molecular formula is C46H80N10O10. The SMILES string of the molecule is CCCCCCCCCC(=O)NC(Cc1ccc(O)cc1)C(=O)NC(C)C(=O)NC(CCCCN)C(=O)NC(C)C(=O)NC(CCCCN)C(=O)NC(CCCCN)C(=O)NC(C)C(=O)O. The van der Waals surface area contributed by atoms with Crippen LogP contribution in [0.25, 0.3) is 0 Å². The zero-order valence-electron chi connectivity index (χ0n) is 39.6. The first kappa shape index (κ1) is 58.7. The van der Waals surface area contributed by atoms with Crippen LogP contribution in [-0.2, 0) is 44.8 Å². The number of carboxylic acid groups (broad SMARTS) is 1. The summed E-state index contributed by atoms with van der Waals surface area (Å²) in [5.41, 5.74) is 17.6. The predicted molar refractivity (Wildman–Crippen MR) is 251 cm³/mol. The third-order valence-electron chi connectivity index (χ3n) is 11.0. The van der Waals surface area contributed by atoms with Gasteiger partial charge >= 0.3 is 5.97 Å². The molecule has 0 aliphatic rings. The van der Waals surface area contributed by atoms with Gasteiger partial charge in [-0.25, -0.2) is 0 Å². The molecule has 0 bridgehead atoms. The van der Waals surface area contributed by atoms with Crippen LogP contribution in [0.4, 0.5) is 0 Å². The molecule has 1 aromatic carbocycles. The fraction of sp³-hybridized carbons (Fsp3) is 0.696. The van der Waals surface area contributed by atoms with Crippen LogP contribution in [0.5, 0.6) is 5.75 Å². The average molecular weight is 933 g/mol. The molecule has 7 unspecified atom stereocenters. The van der Waals surface area contributed by atoms with Crippen molar-refractivity contribution >= 4 is 47.3 Å². The monoisotopic (exact) mass is 933 g/mol. The predicted octanol–water partition coefficient (Wildman–Crippen LogP) is 1.00. The molecule has 66 heavy (non-hydrogen) atoms. The Kier molecular flexibility index (Phi) is 30.3. The Morgan fingerprint density at radius 1 is 0.470 bits per heavy atom. The van der Waals surface area contributed by atoms with Gasteiger partial charge in [0.15, 0.2) is 0 Å². The number of benzene rings is 1. The highest BCUT2D eigenvalue weighted by molar-refractivity contribution is 5.97. The molecular weight excluding hydrogens is 853 g/mol. The molecule has 1 rings (SSSR count). The summed E-state index contributed by atoms with van der Waals surface area (Å²) in [6.07, 6.45) is 10.8. The number of aliphatic carboxylic acids is 1. The van der Waals surface area contributed by atoms with Gasteiger partial charge in [-0.3, -0.25) is 38.4 Å². The fourth-order valence-corrected chi connectivity index (χ4v) is 6.87. The number of nitrogens with one attached hydrogen (secondary N) is 7. The van der Waals surface area contributed by atoms with Crippen LogP contribution in [0.3, 0.4) is 0 Å². The Morgan fingerprint density at radius 2 is 0.848 bits per heavy atom. The van der Waals surface area contributed by atoms with Gasteiger partial charge in [0.25, 0.3) is 0 Å². The van der Waals surface area contributed by atoms with Gasteiger partial charge in [0, 0.05) is 12.8 Å². The minimum absolute atomic E-state index is 0.0377. The molecule has 0 fully saturated rings. The van der Waals surface area contributed by atoms with E-state index in [1.54, 1.807) is 12.1 Å². The fourth-order valence-electron chi connectivity index (χ4n) is 6.87. The highest BCUT2D eigenvalue weighted by Crippen LogP contribution is 2.13. The Bertz CT molecular complexity index is 1650. The summed E-state index contributed by atoms with van der Waals surface area (Å²) in [5, 5.41) is 37.4. The van der Waals surface area contributed by atoms with Gasteiger partial charge in [-0.15, -0.1) is 0 Å². The van der Waals surface area contributed by atoms with E-state index in [2.05, 4.69) is 44.1 Å². The number of aromatic hydroxyl groups is 1. The molecule has 15 N–H and O–H groups in total. The van der Waals surface area contributed by atoms with E-state index in [-0.39, 0.29) is 43.8 Å². The maximum Gasteiger partial charge on any atom is 0.325 e. The van der Waals surface area contributed by atoms with Crippen LogP contribution in [-0.4, -0.2) is 119 Å². The van der Waals surface area contributed by atoms with Crippen molar-refractivity contribution in [2.75, 3.05) is 19.6 Å². The number of amides is 7. The molecule has 7 atom stereocenters. The zero-order chi connectivity index (χ0) is 49.4. The standard InChI is InChI=1S/C46H80N10O10/c1-5-6-7-8-9-10-11-21-39(58)53-38(29-33-22-24-34(57)25-23-33)45(64)51-31(3)41(60)54-35(18-12-15-26-47)42(61)50-30(2)40(59)55-37(20-14-17-28-49)44(63)56-36(19-13-16-27-48)43(62)52-32(4)46(65)66/h22-25,30-32,35-38,57H,5-21,26-29,47-49H2,1-4H3,(H,50,61)(H,51,64)(H,52,62)(H,53,58)(H,54,60)(H,55,59)(H,56,63)(H,65,66). The lowest BCUT2D eigenvalue weighted by atomic mass is 10.0. The van der Waals surface area contributed by atoms with E-state index >= 15 is 0 Å². The summed E-state index contributed by atoms with van der Waals surface area (Å²) in [4.78, 5) is 105. The number of unbranched alkanes of at least 4 members (excludes halogenated alkanes) is 9. The third-order valence-corrected chi connectivity index (χ3v) is 11.0. The molecule has 7 amide bonds. The van der Waals surface area contributed by atoms with Crippen LogP contribution >= 0.6 is 0 Å². The van der Waals surface area contributed by atoms with E-state index in [4.69, 9.17) is 17.2 Å². The minimum atomic E-state index is -1.26. The number of hydrogen-bond donors (Lipinski definition) is 12. The zero-order valence-corrected chi connectivity index (χ0v) is 39.6. The lowest BCUT2D eigenvalue weighted by Gasteiger charge is -2.26. The first-order valence-corrected chi connectivity index (χ1v) is 23.7. The molecule has 0 aliphatic carbocycles. The van der Waals surface area contributed by atoms with E-state index in [1.165, 1.54) is 39.3 Å². The van der Waals surface area contributed by atoms with Crippen molar-refractivity contribution < 1.29 is 48.6 Å². The van der Waals surface area contributed by atoms with Crippen LogP contribution < -0.4 is 54.4 Å². The van der Waals surface area contributed by atoms with Gasteiger partial charge in [0.05, 0.1) is 0 Å². The summed E-state index contributed by atoms with van der Waals surface area (Å²) in [6, 6.07) is -1.87.